The van der Waals surface area contributed by atoms with Gasteiger partial charge in [-0.05, 0) is 25.8 Å². The molecule has 19 heavy (non-hydrogen) atoms. The molecule has 0 atom stereocenters. The van der Waals surface area contributed by atoms with Crippen LogP contribution in [-0.4, -0.2) is 19.6 Å². The zero-order chi connectivity index (χ0) is 13.1. The quantitative estimate of drug-likeness (QED) is 0.830. The lowest BCUT2D eigenvalue weighted by Gasteiger charge is -2.08. The molecule has 102 valence electrons. The highest BCUT2D eigenvalue weighted by atomic mass is 16.5. The Kier molecular flexibility index (Phi) is 3.53. The van der Waals surface area contributed by atoms with Crippen molar-refractivity contribution in [3.63, 3.8) is 0 Å². The summed E-state index contributed by atoms with van der Waals surface area (Å²) < 4.78 is 9.64. The number of hydrogen-bond donors (Lipinski definition) is 0. The van der Waals surface area contributed by atoms with Gasteiger partial charge in [0.1, 0.15) is 6.61 Å². The molecular formula is C14H20N4O. The number of rotatable bonds is 5. The fraction of sp³-hybridized carbons (Fsp3) is 0.571. The first-order valence-electron chi connectivity index (χ1n) is 7.04. The molecule has 1 saturated carbocycles. The molecular weight excluding hydrogens is 240 g/mol. The van der Waals surface area contributed by atoms with Crippen LogP contribution in [-0.2, 0) is 13.2 Å². The Labute approximate surface area is 113 Å². The number of hydrogen-bond acceptors (Lipinski definition) is 3. The van der Waals surface area contributed by atoms with Gasteiger partial charge in [-0.3, -0.25) is 9.36 Å². The maximum Gasteiger partial charge on any atom is 0.157 e. The molecule has 5 nitrogen and oxygen atoms in total. The largest absolute Gasteiger partial charge is 0.484 e. The smallest absolute Gasteiger partial charge is 0.157 e. The molecule has 1 aliphatic rings. The lowest BCUT2D eigenvalue weighted by atomic mass is 10.3. The van der Waals surface area contributed by atoms with E-state index in [0.29, 0.717) is 12.6 Å². The Balaban J connectivity index is 1.57. The van der Waals surface area contributed by atoms with Crippen molar-refractivity contribution in [2.75, 3.05) is 0 Å². The van der Waals surface area contributed by atoms with Crippen LogP contribution in [0, 0.1) is 0 Å². The Bertz CT molecular complexity index is 525. The Morgan fingerprint density at radius 3 is 2.95 bits per heavy atom. The summed E-state index contributed by atoms with van der Waals surface area (Å²) in [5.74, 6) is 0.803. The van der Waals surface area contributed by atoms with Gasteiger partial charge in [-0.2, -0.15) is 10.2 Å². The van der Waals surface area contributed by atoms with E-state index in [2.05, 4.69) is 28.0 Å². The molecule has 0 N–H and O–H groups in total. The zero-order valence-corrected chi connectivity index (χ0v) is 11.3. The number of aryl methyl sites for hydroxylation is 1. The molecule has 2 heterocycles. The summed E-state index contributed by atoms with van der Waals surface area (Å²) in [5, 5.41) is 8.78. The second-order valence-corrected chi connectivity index (χ2v) is 5.05. The summed E-state index contributed by atoms with van der Waals surface area (Å²) in [4.78, 5) is 0. The lowest BCUT2D eigenvalue weighted by molar-refractivity contribution is 0.297. The van der Waals surface area contributed by atoms with E-state index in [9.17, 15) is 0 Å². The van der Waals surface area contributed by atoms with Crippen molar-refractivity contribution in [2.24, 2.45) is 0 Å². The van der Waals surface area contributed by atoms with E-state index in [-0.39, 0.29) is 0 Å². The standard InChI is InChI=1S/C14H20N4O/c1-2-17-10-14(9-15-17)19-11-12-7-8-18(16-12)13-5-3-4-6-13/h7-10,13H,2-6,11H2,1H3. The van der Waals surface area contributed by atoms with Gasteiger partial charge in [0.05, 0.1) is 24.1 Å². The van der Waals surface area contributed by atoms with E-state index in [1.54, 1.807) is 6.20 Å². The average Bonchev–Trinajstić information content (AvgIpc) is 3.16. The van der Waals surface area contributed by atoms with Gasteiger partial charge in [0.2, 0.25) is 0 Å². The molecule has 1 aliphatic carbocycles. The second kappa shape index (κ2) is 5.47. The van der Waals surface area contributed by atoms with Crippen LogP contribution in [0.2, 0.25) is 0 Å². The molecule has 0 aromatic carbocycles. The van der Waals surface area contributed by atoms with Crippen LogP contribution in [0.4, 0.5) is 0 Å². The average molecular weight is 260 g/mol. The van der Waals surface area contributed by atoms with Crippen LogP contribution in [0.25, 0.3) is 0 Å². The van der Waals surface area contributed by atoms with Crippen molar-refractivity contribution in [2.45, 2.75) is 51.8 Å². The second-order valence-electron chi connectivity index (χ2n) is 5.05. The summed E-state index contributed by atoms with van der Waals surface area (Å²) in [6, 6.07) is 2.64. The highest BCUT2D eigenvalue weighted by Crippen LogP contribution is 2.28. The van der Waals surface area contributed by atoms with E-state index >= 15 is 0 Å². The zero-order valence-electron chi connectivity index (χ0n) is 11.3. The third-order valence-electron chi connectivity index (χ3n) is 3.68. The highest BCUT2D eigenvalue weighted by molar-refractivity contribution is 5.12. The van der Waals surface area contributed by atoms with Crippen LogP contribution in [0.1, 0.15) is 44.3 Å². The molecule has 0 amide bonds. The molecule has 5 heteroatoms. The molecule has 2 aromatic heterocycles. The fourth-order valence-corrected chi connectivity index (χ4v) is 2.58. The molecule has 0 bridgehead atoms. The third-order valence-corrected chi connectivity index (χ3v) is 3.68. The van der Waals surface area contributed by atoms with Crippen molar-refractivity contribution < 1.29 is 4.74 Å². The van der Waals surface area contributed by atoms with Gasteiger partial charge in [0, 0.05) is 12.7 Å². The van der Waals surface area contributed by atoms with Crippen LogP contribution in [0.3, 0.4) is 0 Å². The van der Waals surface area contributed by atoms with Gasteiger partial charge in [0.15, 0.2) is 5.75 Å². The van der Waals surface area contributed by atoms with Gasteiger partial charge in [-0.25, -0.2) is 0 Å². The number of aromatic nitrogens is 4. The van der Waals surface area contributed by atoms with E-state index in [1.165, 1.54) is 25.7 Å². The summed E-state index contributed by atoms with van der Waals surface area (Å²) >= 11 is 0. The minimum atomic E-state index is 0.509. The van der Waals surface area contributed by atoms with Crippen molar-refractivity contribution >= 4 is 0 Å². The van der Waals surface area contributed by atoms with Gasteiger partial charge in [-0.15, -0.1) is 0 Å². The Hall–Kier alpha value is -1.78. The predicted octanol–water partition coefficient (Wildman–Crippen LogP) is 2.79. The van der Waals surface area contributed by atoms with Crippen LogP contribution in [0.15, 0.2) is 24.7 Å². The number of nitrogens with zero attached hydrogens (tertiary/aromatic N) is 4. The predicted molar refractivity (Wildman–Crippen MR) is 72.0 cm³/mol. The highest BCUT2D eigenvalue weighted by Gasteiger charge is 2.17. The van der Waals surface area contributed by atoms with Crippen molar-refractivity contribution in [1.82, 2.24) is 19.6 Å². The Morgan fingerprint density at radius 1 is 1.37 bits per heavy atom. The van der Waals surface area contributed by atoms with Gasteiger partial charge >= 0.3 is 0 Å². The normalized spacial score (nSPS) is 16.1. The van der Waals surface area contributed by atoms with Crippen molar-refractivity contribution in [3.8, 4) is 5.75 Å². The first-order chi connectivity index (χ1) is 9.35. The van der Waals surface area contributed by atoms with Crippen molar-refractivity contribution in [3.05, 3.63) is 30.4 Å². The molecule has 0 radical (unpaired) electrons. The maximum absolute atomic E-state index is 5.69. The third kappa shape index (κ3) is 2.80. The first kappa shape index (κ1) is 12.3. The van der Waals surface area contributed by atoms with E-state index < -0.39 is 0 Å². The summed E-state index contributed by atoms with van der Waals surface area (Å²) in [7, 11) is 0. The molecule has 3 rings (SSSR count). The summed E-state index contributed by atoms with van der Waals surface area (Å²) in [6.45, 7) is 3.43. The molecule has 0 saturated heterocycles. The monoisotopic (exact) mass is 260 g/mol. The molecule has 1 fully saturated rings. The molecule has 0 spiro atoms. The fourth-order valence-electron chi connectivity index (χ4n) is 2.58. The van der Waals surface area contributed by atoms with Gasteiger partial charge in [-0.1, -0.05) is 12.8 Å². The Morgan fingerprint density at radius 2 is 2.21 bits per heavy atom. The molecule has 2 aromatic rings. The maximum atomic E-state index is 5.69. The minimum absolute atomic E-state index is 0.509. The minimum Gasteiger partial charge on any atom is -0.484 e. The van der Waals surface area contributed by atoms with E-state index in [0.717, 1.165) is 18.0 Å². The van der Waals surface area contributed by atoms with Crippen molar-refractivity contribution in [1.29, 1.82) is 0 Å². The van der Waals surface area contributed by atoms with Gasteiger partial charge in [0.25, 0.3) is 0 Å². The van der Waals surface area contributed by atoms with Crippen LogP contribution in [0.5, 0.6) is 5.75 Å². The first-order valence-corrected chi connectivity index (χ1v) is 7.04. The SMILES string of the molecule is CCn1cc(OCc2ccn(C3CCCC3)n2)cn1. The van der Waals surface area contributed by atoms with Gasteiger partial charge < -0.3 is 4.74 Å². The summed E-state index contributed by atoms with van der Waals surface area (Å²) in [5.41, 5.74) is 0.983. The lowest BCUT2D eigenvalue weighted by Crippen LogP contribution is -2.06. The van der Waals surface area contributed by atoms with E-state index in [4.69, 9.17) is 4.74 Å². The molecule has 0 aliphatic heterocycles. The number of ether oxygens (including phenoxy) is 1. The van der Waals surface area contributed by atoms with Crippen LogP contribution < -0.4 is 4.74 Å². The van der Waals surface area contributed by atoms with E-state index in [1.807, 2.05) is 16.9 Å². The molecule has 0 unspecified atom stereocenters. The van der Waals surface area contributed by atoms with Crippen LogP contribution >= 0.6 is 0 Å². The summed E-state index contributed by atoms with van der Waals surface area (Å²) in [6.07, 6.45) is 10.9. The topological polar surface area (TPSA) is 44.9 Å².